The van der Waals surface area contributed by atoms with E-state index in [-0.39, 0.29) is 24.1 Å². The quantitative estimate of drug-likeness (QED) is 0.696. The Bertz CT molecular complexity index is 1090. The number of anilines is 1. The van der Waals surface area contributed by atoms with Crippen molar-refractivity contribution in [2.75, 3.05) is 11.4 Å². The Hall–Kier alpha value is -3.47. The molecule has 0 bridgehead atoms. The summed E-state index contributed by atoms with van der Waals surface area (Å²) in [6.07, 6.45) is 1.02. The molecule has 3 aromatic rings. The van der Waals surface area contributed by atoms with Crippen LogP contribution in [-0.4, -0.2) is 18.4 Å². The molecule has 0 atom stereocenters. The van der Waals surface area contributed by atoms with Crippen molar-refractivity contribution < 1.29 is 14.0 Å². The molecule has 1 heterocycles. The average molecular weight is 402 g/mol. The van der Waals surface area contributed by atoms with E-state index in [1.54, 1.807) is 12.1 Å². The van der Waals surface area contributed by atoms with E-state index >= 15 is 0 Å². The SMILES string of the molecule is Cc1cccc(C(=O)N2CCc3ccc(CNC(=O)Cc4ccc(F)cc4)cc32)c1. The van der Waals surface area contributed by atoms with Gasteiger partial charge in [-0.3, -0.25) is 9.59 Å². The minimum atomic E-state index is -0.318. The summed E-state index contributed by atoms with van der Waals surface area (Å²) < 4.78 is 13.0. The molecule has 0 unspecified atom stereocenters. The summed E-state index contributed by atoms with van der Waals surface area (Å²) in [6, 6.07) is 19.5. The molecule has 4 nitrogen and oxygen atoms in total. The van der Waals surface area contributed by atoms with Gasteiger partial charge in [-0.2, -0.15) is 0 Å². The predicted molar refractivity (Wildman–Crippen MR) is 115 cm³/mol. The maximum atomic E-state index is 13.0. The minimum Gasteiger partial charge on any atom is -0.352 e. The van der Waals surface area contributed by atoms with Gasteiger partial charge in [-0.05, 0) is 60.4 Å². The molecule has 1 aliphatic heterocycles. The van der Waals surface area contributed by atoms with E-state index in [1.165, 1.54) is 12.1 Å². The highest BCUT2D eigenvalue weighted by Crippen LogP contribution is 2.30. The van der Waals surface area contributed by atoms with Crippen LogP contribution in [0.2, 0.25) is 0 Å². The van der Waals surface area contributed by atoms with E-state index in [9.17, 15) is 14.0 Å². The third-order valence-electron chi connectivity index (χ3n) is 5.32. The van der Waals surface area contributed by atoms with Crippen LogP contribution in [0, 0.1) is 12.7 Å². The van der Waals surface area contributed by atoms with Gasteiger partial charge in [0.15, 0.2) is 0 Å². The summed E-state index contributed by atoms with van der Waals surface area (Å²) in [5.74, 6) is -0.452. The van der Waals surface area contributed by atoms with Crippen LogP contribution < -0.4 is 10.2 Å². The number of benzene rings is 3. The normalized spacial score (nSPS) is 12.5. The highest BCUT2D eigenvalue weighted by molar-refractivity contribution is 6.07. The molecule has 1 N–H and O–H groups in total. The Morgan fingerprint density at radius 1 is 1.00 bits per heavy atom. The molecule has 0 aliphatic carbocycles. The standard InChI is InChI=1S/C25H23FN2O2/c1-17-3-2-4-21(13-17)25(30)28-12-11-20-8-5-19(14-23(20)28)16-27-24(29)15-18-6-9-22(26)10-7-18/h2-10,13-14H,11-12,15-16H2,1H3,(H,27,29). The first-order chi connectivity index (χ1) is 14.5. The molecule has 5 heteroatoms. The zero-order valence-corrected chi connectivity index (χ0v) is 16.8. The Kier molecular flexibility index (Phi) is 5.61. The Labute approximate surface area is 175 Å². The molecular formula is C25H23FN2O2. The lowest BCUT2D eigenvalue weighted by atomic mass is 10.1. The third kappa shape index (κ3) is 4.40. The summed E-state index contributed by atoms with van der Waals surface area (Å²) in [7, 11) is 0. The van der Waals surface area contributed by atoms with Crippen molar-refractivity contribution in [2.45, 2.75) is 26.3 Å². The Balaban J connectivity index is 1.43. The molecule has 0 spiro atoms. The first kappa shape index (κ1) is 19.8. The summed E-state index contributed by atoms with van der Waals surface area (Å²) in [6.45, 7) is 3.00. The van der Waals surface area contributed by atoms with Gasteiger partial charge in [0.2, 0.25) is 5.91 Å². The molecule has 30 heavy (non-hydrogen) atoms. The first-order valence-electron chi connectivity index (χ1n) is 10.0. The van der Waals surface area contributed by atoms with E-state index in [0.717, 1.165) is 34.4 Å². The van der Waals surface area contributed by atoms with Gasteiger partial charge in [0.05, 0.1) is 6.42 Å². The highest BCUT2D eigenvalue weighted by Gasteiger charge is 2.25. The lowest BCUT2D eigenvalue weighted by molar-refractivity contribution is -0.120. The number of carbonyl (C=O) groups is 2. The number of nitrogens with one attached hydrogen (secondary N) is 1. The summed E-state index contributed by atoms with van der Waals surface area (Å²) in [4.78, 5) is 27.0. The van der Waals surface area contributed by atoms with E-state index in [4.69, 9.17) is 0 Å². The van der Waals surface area contributed by atoms with Crippen molar-refractivity contribution in [2.24, 2.45) is 0 Å². The lowest BCUT2D eigenvalue weighted by Crippen LogP contribution is -2.29. The molecule has 0 saturated carbocycles. The van der Waals surface area contributed by atoms with Crippen LogP contribution in [0.5, 0.6) is 0 Å². The molecule has 4 rings (SSSR count). The van der Waals surface area contributed by atoms with Gasteiger partial charge < -0.3 is 10.2 Å². The molecule has 3 aromatic carbocycles. The second kappa shape index (κ2) is 8.49. The van der Waals surface area contributed by atoms with E-state index in [1.807, 2.05) is 54.3 Å². The molecule has 0 saturated heterocycles. The van der Waals surface area contributed by atoms with E-state index < -0.39 is 0 Å². The number of hydrogen-bond donors (Lipinski definition) is 1. The van der Waals surface area contributed by atoms with Crippen LogP contribution >= 0.6 is 0 Å². The zero-order valence-electron chi connectivity index (χ0n) is 16.8. The predicted octanol–water partition coefficient (Wildman–Crippen LogP) is 4.20. The van der Waals surface area contributed by atoms with Crippen molar-refractivity contribution >= 4 is 17.5 Å². The maximum Gasteiger partial charge on any atom is 0.258 e. The fourth-order valence-corrected chi connectivity index (χ4v) is 3.73. The molecule has 0 fully saturated rings. The van der Waals surface area contributed by atoms with Crippen LogP contribution in [0.4, 0.5) is 10.1 Å². The van der Waals surface area contributed by atoms with E-state index in [2.05, 4.69) is 5.32 Å². The minimum absolute atomic E-state index is 0.00468. The van der Waals surface area contributed by atoms with Crippen molar-refractivity contribution in [1.29, 1.82) is 0 Å². The van der Waals surface area contributed by atoms with Crippen molar-refractivity contribution in [3.63, 3.8) is 0 Å². The number of aryl methyl sites for hydroxylation is 1. The summed E-state index contributed by atoms with van der Waals surface area (Å²) in [5, 5.41) is 2.90. The molecule has 152 valence electrons. The number of carbonyl (C=O) groups excluding carboxylic acids is 2. The lowest BCUT2D eigenvalue weighted by Gasteiger charge is -2.18. The number of hydrogen-bond acceptors (Lipinski definition) is 2. The Morgan fingerprint density at radius 2 is 1.77 bits per heavy atom. The second-order valence-electron chi connectivity index (χ2n) is 7.62. The van der Waals surface area contributed by atoms with Gasteiger partial charge in [-0.1, -0.05) is 42.0 Å². The van der Waals surface area contributed by atoms with Crippen molar-refractivity contribution in [3.05, 3.63) is 100 Å². The smallest absolute Gasteiger partial charge is 0.258 e. The Morgan fingerprint density at radius 3 is 2.53 bits per heavy atom. The molecular weight excluding hydrogens is 379 g/mol. The van der Waals surface area contributed by atoms with E-state index in [0.29, 0.717) is 18.7 Å². The number of halogens is 1. The maximum absolute atomic E-state index is 13.0. The van der Waals surface area contributed by atoms with Gasteiger partial charge in [0.1, 0.15) is 5.82 Å². The summed E-state index contributed by atoms with van der Waals surface area (Å²) in [5.41, 5.74) is 5.48. The fourth-order valence-electron chi connectivity index (χ4n) is 3.73. The molecule has 0 aromatic heterocycles. The second-order valence-corrected chi connectivity index (χ2v) is 7.62. The zero-order chi connectivity index (χ0) is 21.1. The monoisotopic (exact) mass is 402 g/mol. The number of amides is 2. The topological polar surface area (TPSA) is 49.4 Å². The average Bonchev–Trinajstić information content (AvgIpc) is 3.16. The highest BCUT2D eigenvalue weighted by atomic mass is 19.1. The van der Waals surface area contributed by atoms with Gasteiger partial charge in [0.25, 0.3) is 5.91 Å². The van der Waals surface area contributed by atoms with Crippen molar-refractivity contribution in [3.8, 4) is 0 Å². The molecule has 2 amide bonds. The van der Waals surface area contributed by atoms with Gasteiger partial charge in [0, 0.05) is 24.3 Å². The largest absolute Gasteiger partial charge is 0.352 e. The number of nitrogens with zero attached hydrogens (tertiary/aromatic N) is 1. The van der Waals surface area contributed by atoms with Gasteiger partial charge in [-0.15, -0.1) is 0 Å². The fraction of sp³-hybridized carbons (Fsp3) is 0.200. The van der Waals surface area contributed by atoms with Crippen LogP contribution in [0.25, 0.3) is 0 Å². The molecule has 1 aliphatic rings. The van der Waals surface area contributed by atoms with Crippen molar-refractivity contribution in [1.82, 2.24) is 5.32 Å². The van der Waals surface area contributed by atoms with Crippen LogP contribution in [0.15, 0.2) is 66.7 Å². The number of rotatable bonds is 5. The summed E-state index contributed by atoms with van der Waals surface area (Å²) >= 11 is 0. The van der Waals surface area contributed by atoms with Crippen LogP contribution in [0.3, 0.4) is 0 Å². The van der Waals surface area contributed by atoms with Gasteiger partial charge >= 0.3 is 0 Å². The van der Waals surface area contributed by atoms with Gasteiger partial charge in [-0.25, -0.2) is 4.39 Å². The molecule has 0 radical (unpaired) electrons. The van der Waals surface area contributed by atoms with Crippen LogP contribution in [-0.2, 0) is 24.2 Å². The third-order valence-corrected chi connectivity index (χ3v) is 5.32. The van der Waals surface area contributed by atoms with Crippen LogP contribution in [0.1, 0.15) is 32.6 Å². The number of fused-ring (bicyclic) bond motifs is 1. The first-order valence-corrected chi connectivity index (χ1v) is 10.0.